The van der Waals surface area contributed by atoms with Crippen LogP contribution in [0.1, 0.15) is 17.4 Å². The number of benzene rings is 1. The number of hydrogen-bond donors (Lipinski definition) is 1. The Balaban J connectivity index is 1.79. The Kier molecular flexibility index (Phi) is 4.96. The summed E-state index contributed by atoms with van der Waals surface area (Å²) in [6.07, 6.45) is 2.94. The summed E-state index contributed by atoms with van der Waals surface area (Å²) in [6.45, 7) is 0. The molecule has 4 heterocycles. The number of nitriles is 1. The van der Waals surface area contributed by atoms with Crippen LogP contribution in [0.2, 0.25) is 5.02 Å². The van der Waals surface area contributed by atoms with Crippen molar-refractivity contribution >= 4 is 45.9 Å². The fourth-order valence-electron chi connectivity index (χ4n) is 3.82. The van der Waals surface area contributed by atoms with Crippen molar-refractivity contribution in [2.45, 2.75) is 6.04 Å². The summed E-state index contributed by atoms with van der Waals surface area (Å²) in [4.78, 5) is 28.7. The molecule has 160 valence electrons. The maximum absolute atomic E-state index is 13.7. The molecule has 1 aliphatic heterocycles. The lowest BCUT2D eigenvalue weighted by Gasteiger charge is -2.27. The maximum Gasteiger partial charge on any atom is 0.268 e. The first kappa shape index (κ1) is 20.3. The van der Waals surface area contributed by atoms with Crippen LogP contribution in [0.3, 0.4) is 0 Å². The number of rotatable bonds is 3. The number of thioether (sulfide) groups is 1. The standard InChI is InChI=1S/C20H16ClN9OS/c1-28-15(5-6-26-28)30-19(27-13-4-2-3-12(21)16(13)20(30)31)14-8-32-10-29(14)18-11(7-22)17(23)24-9-25-18/h2-6,9,14H,8,10H2,1H3,(H2,23,24,25)/t14-/m0/s1. The summed E-state index contributed by atoms with van der Waals surface area (Å²) < 4.78 is 3.13. The second-order valence-corrected chi connectivity index (χ2v) is 8.52. The lowest BCUT2D eigenvalue weighted by Crippen LogP contribution is -2.34. The lowest BCUT2D eigenvalue weighted by atomic mass is 10.2. The van der Waals surface area contributed by atoms with Crippen LogP contribution >= 0.6 is 23.4 Å². The highest BCUT2D eigenvalue weighted by Crippen LogP contribution is 2.38. The molecule has 0 radical (unpaired) electrons. The van der Waals surface area contributed by atoms with E-state index in [4.69, 9.17) is 22.3 Å². The Bertz CT molecular complexity index is 1460. The lowest BCUT2D eigenvalue weighted by molar-refractivity contribution is 0.636. The zero-order valence-corrected chi connectivity index (χ0v) is 18.4. The number of nitrogen functional groups attached to an aromatic ring is 1. The second kappa shape index (κ2) is 7.81. The van der Waals surface area contributed by atoms with Gasteiger partial charge in [0, 0.05) is 18.9 Å². The monoisotopic (exact) mass is 465 g/mol. The SMILES string of the molecule is Cn1nccc1-n1c([C@@H]2CSCN2c2ncnc(N)c2C#N)nc2cccc(Cl)c2c1=O. The van der Waals surface area contributed by atoms with E-state index in [1.807, 2.05) is 4.90 Å². The predicted octanol–water partition coefficient (Wildman–Crippen LogP) is 2.27. The third-order valence-electron chi connectivity index (χ3n) is 5.32. The van der Waals surface area contributed by atoms with Gasteiger partial charge in [0.25, 0.3) is 5.56 Å². The average molecular weight is 466 g/mol. The van der Waals surface area contributed by atoms with Gasteiger partial charge in [-0.3, -0.25) is 9.48 Å². The van der Waals surface area contributed by atoms with Crippen molar-refractivity contribution in [2.24, 2.45) is 7.05 Å². The zero-order chi connectivity index (χ0) is 22.4. The molecule has 1 aliphatic rings. The molecule has 10 nitrogen and oxygen atoms in total. The number of fused-ring (bicyclic) bond motifs is 1. The molecule has 4 aromatic rings. The first-order valence-corrected chi connectivity index (χ1v) is 11.1. The molecule has 0 amide bonds. The Morgan fingerprint density at radius 1 is 1.31 bits per heavy atom. The number of halogens is 1. The molecule has 1 saturated heterocycles. The number of hydrogen-bond acceptors (Lipinski definition) is 9. The Morgan fingerprint density at radius 3 is 2.91 bits per heavy atom. The van der Waals surface area contributed by atoms with E-state index in [0.717, 1.165) is 0 Å². The van der Waals surface area contributed by atoms with Crippen LogP contribution in [-0.4, -0.2) is 40.9 Å². The molecule has 2 N–H and O–H groups in total. The molecule has 1 atom stereocenters. The minimum Gasteiger partial charge on any atom is -0.382 e. The van der Waals surface area contributed by atoms with Crippen LogP contribution in [0.4, 0.5) is 11.6 Å². The van der Waals surface area contributed by atoms with Crippen LogP contribution in [0.15, 0.2) is 41.6 Å². The molecule has 0 spiro atoms. The van der Waals surface area contributed by atoms with E-state index in [-0.39, 0.29) is 23.0 Å². The van der Waals surface area contributed by atoms with Crippen LogP contribution in [0.25, 0.3) is 16.7 Å². The molecular weight excluding hydrogens is 450 g/mol. The van der Waals surface area contributed by atoms with E-state index < -0.39 is 0 Å². The van der Waals surface area contributed by atoms with Crippen molar-refractivity contribution in [1.29, 1.82) is 5.26 Å². The van der Waals surface area contributed by atoms with E-state index >= 15 is 0 Å². The quantitative estimate of drug-likeness (QED) is 0.483. The van der Waals surface area contributed by atoms with Crippen molar-refractivity contribution in [3.05, 3.63) is 63.6 Å². The topological polar surface area (TPSA) is 132 Å². The maximum atomic E-state index is 13.7. The van der Waals surface area contributed by atoms with Gasteiger partial charge in [0.1, 0.15) is 35.4 Å². The normalized spacial score (nSPS) is 15.9. The summed E-state index contributed by atoms with van der Waals surface area (Å²) in [7, 11) is 1.75. The molecular formula is C20H16ClN9OS. The molecule has 0 bridgehead atoms. The van der Waals surface area contributed by atoms with Gasteiger partial charge in [0.15, 0.2) is 5.82 Å². The Hall–Kier alpha value is -3.62. The summed E-state index contributed by atoms with van der Waals surface area (Å²) >= 11 is 8.01. The highest BCUT2D eigenvalue weighted by molar-refractivity contribution is 7.99. The molecule has 0 aliphatic carbocycles. The molecule has 0 unspecified atom stereocenters. The van der Waals surface area contributed by atoms with Gasteiger partial charge in [0.2, 0.25) is 0 Å². The average Bonchev–Trinajstić information content (AvgIpc) is 3.42. The molecule has 12 heteroatoms. The fourth-order valence-corrected chi connectivity index (χ4v) is 5.22. The predicted molar refractivity (Wildman–Crippen MR) is 123 cm³/mol. The van der Waals surface area contributed by atoms with Gasteiger partial charge in [-0.15, -0.1) is 11.8 Å². The van der Waals surface area contributed by atoms with Crippen molar-refractivity contribution in [3.8, 4) is 11.9 Å². The minimum atomic E-state index is -0.354. The minimum absolute atomic E-state index is 0.107. The van der Waals surface area contributed by atoms with Crippen molar-refractivity contribution in [1.82, 2.24) is 29.3 Å². The van der Waals surface area contributed by atoms with Gasteiger partial charge < -0.3 is 10.6 Å². The highest BCUT2D eigenvalue weighted by atomic mass is 35.5. The summed E-state index contributed by atoms with van der Waals surface area (Å²) in [5.74, 6) is 2.75. The number of anilines is 2. The van der Waals surface area contributed by atoms with E-state index in [1.54, 1.807) is 54.0 Å². The zero-order valence-electron chi connectivity index (χ0n) is 16.8. The molecule has 1 aromatic carbocycles. The van der Waals surface area contributed by atoms with Crippen LogP contribution in [0.5, 0.6) is 0 Å². The number of aryl methyl sites for hydroxylation is 1. The molecule has 5 rings (SSSR count). The third-order valence-corrected chi connectivity index (χ3v) is 6.64. The summed E-state index contributed by atoms with van der Waals surface area (Å²) in [5, 5.41) is 14.5. The van der Waals surface area contributed by atoms with Gasteiger partial charge in [0.05, 0.1) is 34.0 Å². The first-order valence-electron chi connectivity index (χ1n) is 9.55. The molecule has 1 fully saturated rings. The number of nitrogens with zero attached hydrogens (tertiary/aromatic N) is 8. The van der Waals surface area contributed by atoms with Crippen LogP contribution < -0.4 is 16.2 Å². The van der Waals surface area contributed by atoms with E-state index in [1.165, 1.54) is 10.9 Å². The molecule has 3 aromatic heterocycles. The Labute approximate surface area is 191 Å². The van der Waals surface area contributed by atoms with Gasteiger partial charge >= 0.3 is 0 Å². The number of nitrogens with two attached hydrogens (primary N) is 1. The van der Waals surface area contributed by atoms with Crippen LogP contribution in [0, 0.1) is 11.3 Å². The molecule has 0 saturated carbocycles. The van der Waals surface area contributed by atoms with Crippen LogP contribution in [-0.2, 0) is 7.05 Å². The van der Waals surface area contributed by atoms with E-state index in [9.17, 15) is 10.1 Å². The highest BCUT2D eigenvalue weighted by Gasteiger charge is 2.34. The third kappa shape index (κ3) is 3.07. The van der Waals surface area contributed by atoms with Gasteiger partial charge in [-0.2, -0.15) is 10.4 Å². The summed E-state index contributed by atoms with van der Waals surface area (Å²) in [5.41, 5.74) is 6.32. The smallest absolute Gasteiger partial charge is 0.268 e. The van der Waals surface area contributed by atoms with Gasteiger partial charge in [-0.05, 0) is 12.1 Å². The Morgan fingerprint density at radius 2 is 2.16 bits per heavy atom. The largest absolute Gasteiger partial charge is 0.382 e. The van der Waals surface area contributed by atoms with Crippen molar-refractivity contribution in [2.75, 3.05) is 22.3 Å². The first-order chi connectivity index (χ1) is 15.5. The summed E-state index contributed by atoms with van der Waals surface area (Å²) in [6, 6.07) is 8.66. The van der Waals surface area contributed by atoms with Crippen molar-refractivity contribution < 1.29 is 0 Å². The van der Waals surface area contributed by atoms with E-state index in [2.05, 4.69) is 21.1 Å². The van der Waals surface area contributed by atoms with Gasteiger partial charge in [-0.25, -0.2) is 19.5 Å². The van der Waals surface area contributed by atoms with Crippen molar-refractivity contribution in [3.63, 3.8) is 0 Å². The number of aromatic nitrogens is 6. The van der Waals surface area contributed by atoms with E-state index in [0.29, 0.717) is 45.0 Å². The van der Waals surface area contributed by atoms with Gasteiger partial charge in [-0.1, -0.05) is 17.7 Å². The molecule has 32 heavy (non-hydrogen) atoms. The second-order valence-electron chi connectivity index (χ2n) is 7.11. The fraction of sp³-hybridized carbons (Fsp3) is 0.200.